The smallest absolute Gasteiger partial charge is 0.279 e. The second-order valence-electron chi connectivity index (χ2n) is 5.13. The Morgan fingerprint density at radius 1 is 1.00 bits per heavy atom. The van der Waals surface area contributed by atoms with Crippen molar-refractivity contribution in [3.05, 3.63) is 72.6 Å². The number of benzene rings is 2. The van der Waals surface area contributed by atoms with Gasteiger partial charge in [-0.05, 0) is 12.1 Å². The molecule has 0 saturated heterocycles. The van der Waals surface area contributed by atoms with Crippen molar-refractivity contribution in [2.75, 3.05) is 5.32 Å². The molecule has 4 rings (SSSR count). The second kappa shape index (κ2) is 6.62. The summed E-state index contributed by atoms with van der Waals surface area (Å²) < 4.78 is 5.81. The zero-order valence-corrected chi connectivity index (χ0v) is 13.7. The maximum atomic E-state index is 12.3. The lowest BCUT2D eigenvalue weighted by molar-refractivity contribution is 0.102. The van der Waals surface area contributed by atoms with Crippen molar-refractivity contribution in [1.29, 1.82) is 0 Å². The molecule has 0 aliphatic carbocycles. The van der Waals surface area contributed by atoms with Gasteiger partial charge in [-0.15, -0.1) is 5.10 Å². The van der Waals surface area contributed by atoms with E-state index in [4.69, 9.17) is 0 Å². The maximum absolute atomic E-state index is 12.3. The maximum Gasteiger partial charge on any atom is 0.279 e. The highest BCUT2D eigenvalue weighted by atomic mass is 32.1. The summed E-state index contributed by atoms with van der Waals surface area (Å²) in [6.45, 7) is 0. The first-order chi connectivity index (χ1) is 12.3. The number of anilines is 1. The van der Waals surface area contributed by atoms with E-state index in [1.54, 1.807) is 10.9 Å². The Bertz CT molecular complexity index is 996. The lowest BCUT2D eigenvalue weighted by Crippen LogP contribution is -2.12. The van der Waals surface area contributed by atoms with E-state index in [0.29, 0.717) is 11.0 Å². The van der Waals surface area contributed by atoms with Crippen molar-refractivity contribution >= 4 is 22.6 Å². The van der Waals surface area contributed by atoms with Crippen LogP contribution in [0, 0.1) is 0 Å². The van der Waals surface area contributed by atoms with Crippen LogP contribution >= 0.6 is 11.5 Å². The Kier molecular flexibility index (Phi) is 4.01. The highest BCUT2D eigenvalue weighted by molar-refractivity contribution is 7.10. The van der Waals surface area contributed by atoms with Crippen LogP contribution in [0.3, 0.4) is 0 Å². The number of nitrogens with zero attached hydrogens (tertiary/aromatic N) is 5. The summed E-state index contributed by atoms with van der Waals surface area (Å²) in [5, 5.41) is 11.0. The highest BCUT2D eigenvalue weighted by Crippen LogP contribution is 2.21. The molecule has 0 spiro atoms. The molecule has 0 unspecified atom stereocenters. The quantitative estimate of drug-likeness (QED) is 0.613. The van der Waals surface area contributed by atoms with Gasteiger partial charge in [0.15, 0.2) is 11.5 Å². The van der Waals surface area contributed by atoms with E-state index < -0.39 is 0 Å². The lowest BCUT2D eigenvalue weighted by Gasteiger charge is -1.98. The zero-order valence-electron chi connectivity index (χ0n) is 12.9. The van der Waals surface area contributed by atoms with Gasteiger partial charge in [-0.2, -0.15) is 9.36 Å². The minimum Gasteiger partial charge on any atom is -0.295 e. The van der Waals surface area contributed by atoms with Gasteiger partial charge in [-0.1, -0.05) is 53.7 Å². The summed E-state index contributed by atoms with van der Waals surface area (Å²) in [6.07, 6.45) is 1.57. The van der Waals surface area contributed by atoms with Crippen LogP contribution in [0.15, 0.2) is 66.9 Å². The largest absolute Gasteiger partial charge is 0.295 e. The average Bonchev–Trinajstić information content (AvgIpc) is 3.33. The summed E-state index contributed by atoms with van der Waals surface area (Å²) in [5.74, 6) is 0.201. The second-order valence-corrected chi connectivity index (χ2v) is 5.88. The molecule has 0 bridgehead atoms. The van der Waals surface area contributed by atoms with Gasteiger partial charge >= 0.3 is 0 Å². The van der Waals surface area contributed by atoms with Gasteiger partial charge in [-0.25, -0.2) is 4.68 Å². The summed E-state index contributed by atoms with van der Waals surface area (Å²) in [5.41, 5.74) is 1.94. The van der Waals surface area contributed by atoms with Crippen molar-refractivity contribution in [3.8, 4) is 17.1 Å². The minimum atomic E-state index is -0.377. The van der Waals surface area contributed by atoms with Gasteiger partial charge in [0.25, 0.3) is 5.91 Å². The monoisotopic (exact) mass is 348 g/mol. The molecule has 8 heteroatoms. The highest BCUT2D eigenvalue weighted by Gasteiger charge is 2.14. The van der Waals surface area contributed by atoms with Gasteiger partial charge in [0.1, 0.15) is 0 Å². The normalized spacial score (nSPS) is 10.6. The van der Waals surface area contributed by atoms with Crippen LogP contribution in [0.5, 0.6) is 0 Å². The average molecular weight is 348 g/mol. The fourth-order valence-electron chi connectivity index (χ4n) is 2.21. The molecule has 2 heterocycles. The van der Waals surface area contributed by atoms with Crippen molar-refractivity contribution < 1.29 is 4.79 Å². The van der Waals surface area contributed by atoms with Crippen LogP contribution in [-0.2, 0) is 0 Å². The molecule has 2 aromatic heterocycles. The minimum absolute atomic E-state index is 0.209. The van der Waals surface area contributed by atoms with Gasteiger partial charge in [0.05, 0.1) is 11.9 Å². The Morgan fingerprint density at radius 2 is 1.72 bits per heavy atom. The SMILES string of the molecule is O=C(Nc1nc(-c2ccccc2)ns1)c1cn(-c2ccccc2)nn1. The van der Waals surface area contributed by atoms with E-state index in [9.17, 15) is 4.79 Å². The molecule has 25 heavy (non-hydrogen) atoms. The van der Waals surface area contributed by atoms with Crippen molar-refractivity contribution in [1.82, 2.24) is 24.4 Å². The third kappa shape index (κ3) is 3.29. The zero-order chi connectivity index (χ0) is 17.1. The number of carbonyl (C=O) groups excluding carboxylic acids is 1. The Hall–Kier alpha value is -3.39. The van der Waals surface area contributed by atoms with E-state index in [2.05, 4.69) is 25.0 Å². The van der Waals surface area contributed by atoms with Crippen LogP contribution in [0.25, 0.3) is 17.1 Å². The molecule has 122 valence electrons. The molecule has 1 N–H and O–H groups in total. The fourth-order valence-corrected chi connectivity index (χ4v) is 2.80. The molecule has 0 aliphatic rings. The van der Waals surface area contributed by atoms with E-state index >= 15 is 0 Å². The van der Waals surface area contributed by atoms with Gasteiger partial charge in [-0.3, -0.25) is 10.1 Å². The Balaban J connectivity index is 1.50. The third-order valence-corrected chi connectivity index (χ3v) is 4.06. The standard InChI is InChI=1S/C17H12N6OS/c24-16(14-11-23(22-20-14)13-9-5-2-6-10-13)19-17-18-15(21-25-17)12-7-3-1-4-8-12/h1-11H,(H,18,19,21,24). The summed E-state index contributed by atoms with van der Waals surface area (Å²) >= 11 is 1.12. The van der Waals surface area contributed by atoms with Crippen molar-refractivity contribution in [3.63, 3.8) is 0 Å². The molecule has 7 nitrogen and oxygen atoms in total. The van der Waals surface area contributed by atoms with Crippen molar-refractivity contribution in [2.24, 2.45) is 0 Å². The summed E-state index contributed by atoms with van der Waals surface area (Å²) in [4.78, 5) is 16.6. The number of para-hydroxylation sites is 1. The Labute approximate surface area is 147 Å². The van der Waals surface area contributed by atoms with Gasteiger partial charge in [0, 0.05) is 17.1 Å². The first-order valence-electron chi connectivity index (χ1n) is 7.48. The number of amides is 1. The van der Waals surface area contributed by atoms with Crippen LogP contribution < -0.4 is 5.32 Å². The molecule has 0 aliphatic heterocycles. The molecular weight excluding hydrogens is 336 g/mol. The predicted molar refractivity (Wildman–Crippen MR) is 94.7 cm³/mol. The van der Waals surface area contributed by atoms with Crippen LogP contribution in [-0.4, -0.2) is 30.3 Å². The molecule has 4 aromatic rings. The summed E-state index contributed by atoms with van der Waals surface area (Å²) in [7, 11) is 0. The molecule has 2 aromatic carbocycles. The number of carbonyl (C=O) groups is 1. The van der Waals surface area contributed by atoms with E-state index in [-0.39, 0.29) is 11.6 Å². The third-order valence-electron chi connectivity index (χ3n) is 3.43. The van der Waals surface area contributed by atoms with Crippen LogP contribution in [0.1, 0.15) is 10.5 Å². The molecule has 0 atom stereocenters. The van der Waals surface area contributed by atoms with Gasteiger partial charge in [0.2, 0.25) is 5.13 Å². The molecule has 0 saturated carbocycles. The van der Waals surface area contributed by atoms with Gasteiger partial charge < -0.3 is 0 Å². The number of rotatable bonds is 4. The van der Waals surface area contributed by atoms with Crippen molar-refractivity contribution in [2.45, 2.75) is 0 Å². The number of hydrogen-bond acceptors (Lipinski definition) is 6. The predicted octanol–water partition coefficient (Wildman–Crippen LogP) is 3.04. The molecule has 1 amide bonds. The fraction of sp³-hybridized carbons (Fsp3) is 0. The summed E-state index contributed by atoms with van der Waals surface area (Å²) in [6, 6.07) is 19.0. The molecule has 0 fully saturated rings. The lowest BCUT2D eigenvalue weighted by atomic mass is 10.2. The number of nitrogens with one attached hydrogen (secondary N) is 1. The van der Waals surface area contributed by atoms with Crippen LogP contribution in [0.2, 0.25) is 0 Å². The van der Waals surface area contributed by atoms with E-state index in [1.807, 2.05) is 60.7 Å². The Morgan fingerprint density at radius 3 is 2.48 bits per heavy atom. The topological polar surface area (TPSA) is 85.6 Å². The first-order valence-corrected chi connectivity index (χ1v) is 8.25. The molecule has 0 radical (unpaired) electrons. The van der Waals surface area contributed by atoms with Crippen LogP contribution in [0.4, 0.5) is 5.13 Å². The number of aromatic nitrogens is 5. The van der Waals surface area contributed by atoms with E-state index in [0.717, 1.165) is 22.8 Å². The molecular formula is C17H12N6OS. The first kappa shape index (κ1) is 15.2. The number of hydrogen-bond donors (Lipinski definition) is 1. The van der Waals surface area contributed by atoms with E-state index in [1.165, 1.54) is 0 Å².